The fourth-order valence-electron chi connectivity index (χ4n) is 4.41. The number of hydrogen-bond donors (Lipinski definition) is 2. The van der Waals surface area contributed by atoms with Gasteiger partial charge in [0.15, 0.2) is 0 Å². The Labute approximate surface area is 198 Å². The first-order valence-corrected chi connectivity index (χ1v) is 11.6. The predicted octanol–water partition coefficient (Wildman–Crippen LogP) is 3.70. The quantitative estimate of drug-likeness (QED) is 0.578. The van der Waals surface area contributed by atoms with Crippen molar-refractivity contribution < 1.29 is 24.2 Å². The maximum Gasteiger partial charge on any atom is 0.335 e. The molecule has 0 radical (unpaired) electrons. The monoisotopic (exact) mass is 472 g/mol. The molecule has 1 aliphatic heterocycles. The number of carboxylic acid groups (broad SMARTS) is 1. The Morgan fingerprint density at radius 3 is 2.27 bits per heavy atom. The number of hydrogen-bond acceptors (Lipinski definition) is 5. The van der Waals surface area contributed by atoms with Crippen molar-refractivity contribution >= 4 is 23.5 Å². The van der Waals surface area contributed by atoms with Gasteiger partial charge in [-0.25, -0.2) is 4.79 Å². The fraction of sp³-hybridized carbons (Fsp3) is 0.440. The van der Waals surface area contributed by atoms with E-state index in [-0.39, 0.29) is 11.5 Å². The van der Waals surface area contributed by atoms with Gasteiger partial charge >= 0.3 is 5.97 Å². The molecule has 2 fully saturated rings. The number of aromatic carboxylic acids is 1. The number of ether oxygens (including phenoxy) is 2. The van der Waals surface area contributed by atoms with Crippen LogP contribution in [0.4, 0.5) is 0 Å². The average molecular weight is 473 g/mol. The molecular weight excluding hydrogens is 444 g/mol. The lowest BCUT2D eigenvalue weighted by Crippen LogP contribution is -2.62. The third kappa shape index (κ3) is 5.16. The highest BCUT2D eigenvalue weighted by Gasteiger charge is 2.51. The molecule has 0 unspecified atom stereocenters. The van der Waals surface area contributed by atoms with Gasteiger partial charge < -0.3 is 19.9 Å². The molecule has 33 heavy (non-hydrogen) atoms. The van der Waals surface area contributed by atoms with Crippen LogP contribution < -0.4 is 10.1 Å². The molecule has 1 aliphatic carbocycles. The van der Waals surface area contributed by atoms with Crippen molar-refractivity contribution in [2.45, 2.75) is 36.8 Å². The van der Waals surface area contributed by atoms with E-state index in [4.69, 9.17) is 26.2 Å². The van der Waals surface area contributed by atoms with Gasteiger partial charge in [-0.3, -0.25) is 9.69 Å². The summed E-state index contributed by atoms with van der Waals surface area (Å²) in [4.78, 5) is 26.9. The highest BCUT2D eigenvalue weighted by molar-refractivity contribution is 6.30. The summed E-state index contributed by atoms with van der Waals surface area (Å²) in [6.07, 6.45) is 2.87. The van der Waals surface area contributed by atoms with E-state index in [0.717, 1.165) is 24.2 Å². The molecule has 8 heteroatoms. The number of nitrogens with zero attached hydrogens (tertiary/aromatic N) is 1. The number of benzene rings is 2. The lowest BCUT2D eigenvalue weighted by molar-refractivity contribution is -0.140. The van der Waals surface area contributed by atoms with Crippen molar-refractivity contribution in [1.29, 1.82) is 0 Å². The molecule has 0 spiro atoms. The zero-order chi connectivity index (χ0) is 23.5. The van der Waals surface area contributed by atoms with E-state index in [9.17, 15) is 9.59 Å². The molecule has 0 bridgehead atoms. The summed E-state index contributed by atoms with van der Waals surface area (Å²) in [6, 6.07) is 14.0. The van der Waals surface area contributed by atoms with E-state index in [0.29, 0.717) is 44.2 Å². The second-order valence-electron chi connectivity index (χ2n) is 8.79. The topological polar surface area (TPSA) is 88.1 Å². The van der Waals surface area contributed by atoms with Crippen LogP contribution in [-0.4, -0.2) is 60.8 Å². The van der Waals surface area contributed by atoms with Crippen molar-refractivity contribution in [1.82, 2.24) is 10.2 Å². The third-order valence-corrected chi connectivity index (χ3v) is 7.02. The SMILES string of the molecule is CN(CCOc1ccc(Cl)cc1)C1(C(=O)NC2(c3ccc(C(=O)O)cc3)CC2)CCOCC1. The second kappa shape index (κ2) is 9.71. The summed E-state index contributed by atoms with van der Waals surface area (Å²) in [5.74, 6) is -0.237. The highest BCUT2D eigenvalue weighted by atomic mass is 35.5. The molecule has 7 nitrogen and oxygen atoms in total. The number of rotatable bonds is 9. The van der Waals surface area contributed by atoms with Crippen LogP contribution in [0.1, 0.15) is 41.6 Å². The Balaban J connectivity index is 1.43. The summed E-state index contributed by atoms with van der Waals surface area (Å²) in [6.45, 7) is 2.07. The third-order valence-electron chi connectivity index (χ3n) is 6.77. The van der Waals surface area contributed by atoms with Gasteiger partial charge in [0.25, 0.3) is 0 Å². The molecule has 2 N–H and O–H groups in total. The molecule has 2 aromatic carbocycles. The van der Waals surface area contributed by atoms with Crippen molar-refractivity contribution in [3.63, 3.8) is 0 Å². The Morgan fingerprint density at radius 2 is 1.70 bits per heavy atom. The largest absolute Gasteiger partial charge is 0.492 e. The molecule has 2 aliphatic rings. The van der Waals surface area contributed by atoms with Crippen LogP contribution in [0.25, 0.3) is 0 Å². The van der Waals surface area contributed by atoms with Crippen LogP contribution in [-0.2, 0) is 15.1 Å². The van der Waals surface area contributed by atoms with Gasteiger partial charge in [-0.05, 0) is 74.7 Å². The summed E-state index contributed by atoms with van der Waals surface area (Å²) in [5, 5.41) is 13.1. The lowest BCUT2D eigenvalue weighted by Gasteiger charge is -2.43. The Kier molecular flexibility index (Phi) is 6.93. The summed E-state index contributed by atoms with van der Waals surface area (Å²) < 4.78 is 11.4. The summed E-state index contributed by atoms with van der Waals surface area (Å²) in [5.41, 5.74) is 0.0668. The minimum Gasteiger partial charge on any atom is -0.492 e. The van der Waals surface area contributed by atoms with Crippen LogP contribution in [0, 0.1) is 0 Å². The van der Waals surface area contributed by atoms with Gasteiger partial charge in [-0.2, -0.15) is 0 Å². The zero-order valence-electron chi connectivity index (χ0n) is 18.7. The maximum absolute atomic E-state index is 13.7. The van der Waals surface area contributed by atoms with Gasteiger partial charge in [-0.1, -0.05) is 23.7 Å². The normalized spacial score (nSPS) is 18.5. The zero-order valence-corrected chi connectivity index (χ0v) is 19.4. The fourth-order valence-corrected chi connectivity index (χ4v) is 4.54. The molecule has 0 atom stereocenters. The number of nitrogens with one attached hydrogen (secondary N) is 1. The number of amides is 1. The lowest BCUT2D eigenvalue weighted by atomic mass is 9.86. The van der Waals surface area contributed by atoms with Gasteiger partial charge in [0.1, 0.15) is 17.9 Å². The molecule has 2 aromatic rings. The van der Waals surface area contributed by atoms with Gasteiger partial charge in [0.2, 0.25) is 5.91 Å². The maximum atomic E-state index is 13.7. The van der Waals surface area contributed by atoms with Crippen molar-refractivity contribution in [2.24, 2.45) is 0 Å². The van der Waals surface area contributed by atoms with Crippen molar-refractivity contribution in [3.05, 3.63) is 64.7 Å². The smallest absolute Gasteiger partial charge is 0.335 e. The Hall–Kier alpha value is -2.61. The first-order chi connectivity index (χ1) is 15.8. The van der Waals surface area contributed by atoms with E-state index in [1.54, 1.807) is 36.4 Å². The van der Waals surface area contributed by atoms with Crippen LogP contribution >= 0.6 is 11.6 Å². The highest BCUT2D eigenvalue weighted by Crippen LogP contribution is 2.46. The van der Waals surface area contributed by atoms with Crippen LogP contribution in [0.5, 0.6) is 5.75 Å². The van der Waals surface area contributed by atoms with Crippen molar-refractivity contribution in [3.8, 4) is 5.75 Å². The van der Waals surface area contributed by atoms with Crippen LogP contribution in [0.2, 0.25) is 5.02 Å². The van der Waals surface area contributed by atoms with Crippen LogP contribution in [0.3, 0.4) is 0 Å². The predicted molar refractivity (Wildman–Crippen MR) is 125 cm³/mol. The van der Waals surface area contributed by atoms with E-state index in [1.165, 1.54) is 0 Å². The molecule has 1 saturated heterocycles. The van der Waals surface area contributed by atoms with Crippen molar-refractivity contribution in [2.75, 3.05) is 33.4 Å². The van der Waals surface area contributed by atoms with Gasteiger partial charge in [-0.15, -0.1) is 0 Å². The minimum atomic E-state index is -0.959. The number of carboxylic acids is 1. The molecule has 0 aromatic heterocycles. The van der Waals surface area contributed by atoms with E-state index < -0.39 is 17.0 Å². The molecule has 1 amide bonds. The Morgan fingerprint density at radius 1 is 1.06 bits per heavy atom. The number of carbonyl (C=O) groups excluding carboxylic acids is 1. The summed E-state index contributed by atoms with van der Waals surface area (Å²) in [7, 11) is 1.96. The number of likely N-dealkylation sites (N-methyl/N-ethyl adjacent to an activating group) is 1. The van der Waals surface area contributed by atoms with Gasteiger partial charge in [0.05, 0.1) is 11.1 Å². The molecule has 4 rings (SSSR count). The average Bonchev–Trinajstić information content (AvgIpc) is 3.61. The molecule has 176 valence electrons. The van der Waals surface area contributed by atoms with E-state index in [1.807, 2.05) is 19.2 Å². The minimum absolute atomic E-state index is 0.0143. The molecule has 1 heterocycles. The van der Waals surface area contributed by atoms with Gasteiger partial charge in [0, 0.05) is 24.8 Å². The Bertz CT molecular complexity index is 983. The molecule has 1 saturated carbocycles. The standard InChI is InChI=1S/C25H29ClN2O5/c1-28(14-17-33-21-8-6-20(26)7-9-21)25(12-15-32-16-13-25)23(31)27-24(10-11-24)19-4-2-18(3-5-19)22(29)30/h2-9H,10-17H2,1H3,(H,27,31)(H,29,30). The summed E-state index contributed by atoms with van der Waals surface area (Å²) >= 11 is 5.93. The van der Waals surface area contributed by atoms with E-state index >= 15 is 0 Å². The first-order valence-electron chi connectivity index (χ1n) is 11.2. The molecular formula is C25H29ClN2O5. The first kappa shape index (κ1) is 23.5. The second-order valence-corrected chi connectivity index (χ2v) is 9.22. The number of carbonyl (C=O) groups is 2. The van der Waals surface area contributed by atoms with E-state index in [2.05, 4.69) is 10.2 Å². The number of halogens is 1. The van der Waals surface area contributed by atoms with Crippen LogP contribution in [0.15, 0.2) is 48.5 Å².